The Morgan fingerprint density at radius 1 is 1.29 bits per heavy atom. The summed E-state index contributed by atoms with van der Waals surface area (Å²) in [6.07, 6.45) is 0. The monoisotopic (exact) mass is 321 g/mol. The Labute approximate surface area is 134 Å². The van der Waals surface area contributed by atoms with Crippen LogP contribution in [0, 0.1) is 6.92 Å². The molecule has 0 saturated carbocycles. The maximum atomic E-state index is 6.36. The molecule has 110 valence electrons. The van der Waals surface area contributed by atoms with Crippen molar-refractivity contribution in [1.29, 1.82) is 0 Å². The summed E-state index contributed by atoms with van der Waals surface area (Å²) in [5.74, 6) is 0. The quantitative estimate of drug-likeness (QED) is 0.852. The molecule has 1 aliphatic rings. The number of nitrogens with zero attached hydrogens (tertiary/aromatic N) is 2. The number of fused-ring (bicyclic) bond motifs is 1. The zero-order valence-electron chi connectivity index (χ0n) is 11.9. The van der Waals surface area contributed by atoms with E-state index in [1.165, 1.54) is 11.3 Å². The second-order valence-electron chi connectivity index (χ2n) is 5.24. The van der Waals surface area contributed by atoms with Crippen LogP contribution in [-0.2, 0) is 13.1 Å². The number of para-hydroxylation sites is 1. The Morgan fingerprint density at radius 3 is 2.90 bits per heavy atom. The lowest BCUT2D eigenvalue weighted by molar-refractivity contribution is 0.688. The highest BCUT2D eigenvalue weighted by atomic mass is 35.5. The molecule has 1 aromatic heterocycles. The lowest BCUT2D eigenvalue weighted by atomic mass is 10.1. The van der Waals surface area contributed by atoms with E-state index in [9.17, 15) is 0 Å². The molecule has 1 aromatic carbocycles. The van der Waals surface area contributed by atoms with Crippen molar-refractivity contribution < 1.29 is 0 Å². The van der Waals surface area contributed by atoms with Gasteiger partial charge in [0.05, 0.1) is 5.02 Å². The van der Waals surface area contributed by atoms with E-state index in [-0.39, 0.29) is 0 Å². The molecule has 2 heterocycles. The number of pyridine rings is 1. The van der Waals surface area contributed by atoms with Crippen LogP contribution < -0.4 is 10.2 Å². The summed E-state index contributed by atoms with van der Waals surface area (Å²) < 4.78 is 0. The number of hydrogen-bond acceptors (Lipinski definition) is 3. The molecule has 1 aliphatic heterocycles. The Kier molecular flexibility index (Phi) is 4.34. The summed E-state index contributed by atoms with van der Waals surface area (Å²) in [6, 6.07) is 10.3. The number of aromatic nitrogens is 1. The molecule has 0 amide bonds. The highest BCUT2D eigenvalue weighted by Gasteiger charge is 2.18. The van der Waals surface area contributed by atoms with E-state index in [4.69, 9.17) is 23.2 Å². The van der Waals surface area contributed by atoms with Crippen molar-refractivity contribution >= 4 is 28.9 Å². The lowest BCUT2D eigenvalue weighted by Crippen LogP contribution is -2.28. The van der Waals surface area contributed by atoms with Crippen molar-refractivity contribution in [1.82, 2.24) is 10.3 Å². The molecule has 0 unspecified atom stereocenters. The van der Waals surface area contributed by atoms with E-state index in [2.05, 4.69) is 39.5 Å². The number of hydrogen-bond donors (Lipinski definition) is 1. The first-order valence-electron chi connectivity index (χ1n) is 7.00. The average molecular weight is 322 g/mol. The summed E-state index contributed by atoms with van der Waals surface area (Å²) in [4.78, 5) is 6.62. The SMILES string of the molecule is Cc1cc(Cl)c(CN2CCNCc3ccccc32)c(Cl)n1. The second kappa shape index (κ2) is 6.22. The number of benzene rings is 1. The van der Waals surface area contributed by atoms with Crippen LogP contribution in [0.3, 0.4) is 0 Å². The van der Waals surface area contributed by atoms with Gasteiger partial charge in [-0.1, -0.05) is 41.4 Å². The molecule has 0 radical (unpaired) electrons. The molecule has 3 rings (SSSR count). The van der Waals surface area contributed by atoms with Gasteiger partial charge in [-0.15, -0.1) is 0 Å². The molecular weight excluding hydrogens is 305 g/mol. The number of aryl methyl sites for hydroxylation is 1. The van der Waals surface area contributed by atoms with Gasteiger partial charge in [0.15, 0.2) is 0 Å². The largest absolute Gasteiger partial charge is 0.365 e. The van der Waals surface area contributed by atoms with Gasteiger partial charge < -0.3 is 10.2 Å². The molecule has 0 bridgehead atoms. The minimum absolute atomic E-state index is 0.495. The highest BCUT2D eigenvalue weighted by molar-refractivity contribution is 6.35. The number of rotatable bonds is 2. The van der Waals surface area contributed by atoms with E-state index >= 15 is 0 Å². The zero-order valence-corrected chi connectivity index (χ0v) is 13.4. The smallest absolute Gasteiger partial charge is 0.135 e. The van der Waals surface area contributed by atoms with Gasteiger partial charge in [-0.2, -0.15) is 0 Å². The molecule has 3 nitrogen and oxygen atoms in total. The van der Waals surface area contributed by atoms with E-state index < -0.39 is 0 Å². The van der Waals surface area contributed by atoms with Gasteiger partial charge in [0.2, 0.25) is 0 Å². The molecule has 0 saturated heterocycles. The first-order chi connectivity index (χ1) is 10.1. The molecule has 1 N–H and O–H groups in total. The fraction of sp³-hybridized carbons (Fsp3) is 0.312. The third-order valence-electron chi connectivity index (χ3n) is 3.70. The Bertz CT molecular complexity index is 635. The van der Waals surface area contributed by atoms with Crippen LogP contribution in [0.15, 0.2) is 30.3 Å². The number of anilines is 1. The molecule has 5 heteroatoms. The fourth-order valence-corrected chi connectivity index (χ4v) is 3.30. The van der Waals surface area contributed by atoms with Crippen LogP contribution in [0.5, 0.6) is 0 Å². The second-order valence-corrected chi connectivity index (χ2v) is 6.01. The molecule has 0 atom stereocenters. The molecule has 21 heavy (non-hydrogen) atoms. The van der Waals surface area contributed by atoms with Crippen molar-refractivity contribution in [2.24, 2.45) is 0 Å². The van der Waals surface area contributed by atoms with Gasteiger partial charge in [-0.25, -0.2) is 4.98 Å². The summed E-state index contributed by atoms with van der Waals surface area (Å²) in [5, 5.41) is 4.61. The van der Waals surface area contributed by atoms with Crippen molar-refractivity contribution in [2.45, 2.75) is 20.0 Å². The average Bonchev–Trinajstić information content (AvgIpc) is 2.65. The topological polar surface area (TPSA) is 28.2 Å². The van der Waals surface area contributed by atoms with Crippen LogP contribution >= 0.6 is 23.2 Å². The van der Waals surface area contributed by atoms with E-state index in [0.29, 0.717) is 16.7 Å². The van der Waals surface area contributed by atoms with Crippen molar-refractivity contribution in [2.75, 3.05) is 18.0 Å². The molecular formula is C16H17Cl2N3. The molecule has 0 fully saturated rings. The van der Waals surface area contributed by atoms with Gasteiger partial charge in [0.1, 0.15) is 5.15 Å². The minimum atomic E-state index is 0.495. The number of nitrogens with one attached hydrogen (secondary N) is 1. The predicted octanol–water partition coefficient (Wildman–Crippen LogP) is 3.81. The van der Waals surface area contributed by atoms with E-state index in [0.717, 1.165) is 30.9 Å². The van der Waals surface area contributed by atoms with Crippen LogP contribution in [0.25, 0.3) is 0 Å². The van der Waals surface area contributed by atoms with Crippen LogP contribution in [0.2, 0.25) is 10.2 Å². The lowest BCUT2D eigenvalue weighted by Gasteiger charge is -2.25. The minimum Gasteiger partial charge on any atom is -0.365 e. The van der Waals surface area contributed by atoms with Crippen LogP contribution in [0.1, 0.15) is 16.8 Å². The molecule has 0 spiro atoms. The molecule has 0 aliphatic carbocycles. The Morgan fingerprint density at radius 2 is 2.10 bits per heavy atom. The predicted molar refractivity (Wildman–Crippen MR) is 88.2 cm³/mol. The van der Waals surface area contributed by atoms with Gasteiger partial charge in [-0.05, 0) is 24.6 Å². The third kappa shape index (κ3) is 3.15. The highest BCUT2D eigenvalue weighted by Crippen LogP contribution is 2.29. The summed E-state index contributed by atoms with van der Waals surface area (Å²) in [6.45, 7) is 5.30. The van der Waals surface area contributed by atoms with Gasteiger partial charge in [0.25, 0.3) is 0 Å². The summed E-state index contributed by atoms with van der Waals surface area (Å²) in [5.41, 5.74) is 4.25. The van der Waals surface area contributed by atoms with Gasteiger partial charge >= 0.3 is 0 Å². The van der Waals surface area contributed by atoms with Crippen molar-refractivity contribution in [3.8, 4) is 0 Å². The van der Waals surface area contributed by atoms with Crippen molar-refractivity contribution in [3.05, 3.63) is 57.3 Å². The Hall–Kier alpha value is -1.29. The van der Waals surface area contributed by atoms with Crippen LogP contribution in [0.4, 0.5) is 5.69 Å². The molecule has 2 aromatic rings. The maximum Gasteiger partial charge on any atom is 0.135 e. The van der Waals surface area contributed by atoms with E-state index in [1.807, 2.05) is 13.0 Å². The standard InChI is InChI=1S/C16H17Cl2N3/c1-11-8-14(17)13(16(18)20-11)10-21-7-6-19-9-12-4-2-3-5-15(12)21/h2-5,8,19H,6-7,9-10H2,1H3. The first kappa shape index (κ1) is 14.6. The maximum absolute atomic E-state index is 6.36. The normalized spacial score (nSPS) is 14.7. The van der Waals surface area contributed by atoms with Crippen LogP contribution in [-0.4, -0.2) is 18.1 Å². The summed E-state index contributed by atoms with van der Waals surface area (Å²) >= 11 is 12.6. The van der Waals surface area contributed by atoms with Gasteiger partial charge in [0, 0.05) is 43.1 Å². The first-order valence-corrected chi connectivity index (χ1v) is 7.76. The third-order valence-corrected chi connectivity index (χ3v) is 4.35. The van der Waals surface area contributed by atoms with Gasteiger partial charge in [-0.3, -0.25) is 0 Å². The Balaban J connectivity index is 1.95. The number of halogens is 2. The fourth-order valence-electron chi connectivity index (χ4n) is 2.65. The summed E-state index contributed by atoms with van der Waals surface area (Å²) in [7, 11) is 0. The van der Waals surface area contributed by atoms with Crippen molar-refractivity contribution in [3.63, 3.8) is 0 Å². The van der Waals surface area contributed by atoms with E-state index in [1.54, 1.807) is 0 Å². The zero-order chi connectivity index (χ0) is 14.8.